The van der Waals surface area contributed by atoms with Crippen LogP contribution in [0.1, 0.15) is 59.9 Å². The molecule has 9 nitrogen and oxygen atoms in total. The predicted octanol–water partition coefficient (Wildman–Crippen LogP) is 5.68. The minimum atomic E-state index is -1.25. The van der Waals surface area contributed by atoms with Gasteiger partial charge >= 0.3 is 0 Å². The molecule has 2 aromatic carbocycles. The summed E-state index contributed by atoms with van der Waals surface area (Å²) < 4.78 is 7.08. The van der Waals surface area contributed by atoms with Crippen molar-refractivity contribution in [1.29, 1.82) is 0 Å². The molecule has 0 aliphatic carbocycles. The maximum absolute atomic E-state index is 15.2. The number of nitrogens with zero attached hydrogens (tertiary/aromatic N) is 4. The van der Waals surface area contributed by atoms with Gasteiger partial charge < -0.3 is 29.4 Å². The summed E-state index contributed by atoms with van der Waals surface area (Å²) >= 11 is 0. The third kappa shape index (κ3) is 6.17. The van der Waals surface area contributed by atoms with E-state index in [2.05, 4.69) is 38.8 Å². The van der Waals surface area contributed by atoms with E-state index in [0.717, 1.165) is 24.3 Å². The zero-order chi connectivity index (χ0) is 36.4. The molecular formula is C41H56N4O5. The lowest BCUT2D eigenvalue weighted by Gasteiger charge is -2.41. The number of amides is 3. The highest BCUT2D eigenvalue weighted by Gasteiger charge is 2.80. The van der Waals surface area contributed by atoms with E-state index in [1.165, 1.54) is 0 Å². The Hall–Kier alpha value is -3.95. The smallest absolute Gasteiger partial charge is 0.253 e. The molecular weight excluding hydrogens is 628 g/mol. The van der Waals surface area contributed by atoms with Crippen molar-refractivity contribution in [1.82, 2.24) is 9.80 Å². The number of carbonyl (C=O) groups is 3. The lowest BCUT2D eigenvalue weighted by atomic mass is 9.62. The van der Waals surface area contributed by atoms with Gasteiger partial charge in [0.2, 0.25) is 11.8 Å². The Morgan fingerprint density at radius 3 is 2.18 bits per heavy atom. The van der Waals surface area contributed by atoms with E-state index in [-0.39, 0.29) is 42.7 Å². The van der Waals surface area contributed by atoms with Gasteiger partial charge in [-0.2, -0.15) is 0 Å². The summed E-state index contributed by atoms with van der Waals surface area (Å²) in [4.78, 5) is 52.4. The van der Waals surface area contributed by atoms with Crippen molar-refractivity contribution in [2.75, 3.05) is 42.6 Å². The third-order valence-corrected chi connectivity index (χ3v) is 11.8. The first-order valence-corrected chi connectivity index (χ1v) is 18.3. The van der Waals surface area contributed by atoms with Gasteiger partial charge in [-0.05, 0) is 68.9 Å². The molecule has 3 amide bonds. The summed E-state index contributed by atoms with van der Waals surface area (Å²) in [6.45, 7) is 22.4. The second-order valence-electron chi connectivity index (χ2n) is 14.5. The molecule has 0 aromatic heterocycles. The van der Waals surface area contributed by atoms with Gasteiger partial charge in [-0.15, -0.1) is 13.2 Å². The second kappa shape index (κ2) is 15.1. The number of likely N-dealkylation sites (tertiary alicyclic amines) is 1. The molecule has 1 N–H and O–H groups in total. The molecule has 2 aromatic rings. The lowest BCUT2D eigenvalue weighted by Crippen LogP contribution is -2.60. The molecule has 0 radical (unpaired) electrons. The number of ether oxygens (including phenoxy) is 1. The van der Waals surface area contributed by atoms with Crippen LogP contribution in [0, 0.1) is 23.7 Å². The van der Waals surface area contributed by atoms with Crippen LogP contribution in [0.5, 0.6) is 0 Å². The van der Waals surface area contributed by atoms with Crippen LogP contribution in [-0.2, 0) is 25.7 Å². The standard InChI is InChI=1S/C41H56N4O5/c1-9-23-43(26-30-17-15-14-16-18-30)37(47)34-35-38(48)45(33(27-46)28(6)11-3)36(41(35)25-29(7)40(34,8)50-41)39(49)44(24-10-2)32-21-19-31(20-22-32)42(12-4)13-5/h9-10,14-22,28-29,33-36,46H,1-2,11-13,23-27H2,3-8H3/t28-,29?,33-,34+,35-,36?,40-,41?/m0/s1. The molecule has 3 unspecified atom stereocenters. The number of rotatable bonds is 16. The number of benzene rings is 2. The topological polar surface area (TPSA) is 93.6 Å². The van der Waals surface area contributed by atoms with Crippen molar-refractivity contribution in [2.45, 2.75) is 84.2 Å². The summed E-state index contributed by atoms with van der Waals surface area (Å²) in [5.74, 6) is -2.71. The average molecular weight is 685 g/mol. The van der Waals surface area contributed by atoms with Crippen LogP contribution in [0.2, 0.25) is 0 Å². The maximum atomic E-state index is 15.2. The molecule has 3 fully saturated rings. The Morgan fingerprint density at radius 2 is 1.62 bits per heavy atom. The largest absolute Gasteiger partial charge is 0.394 e. The van der Waals surface area contributed by atoms with Crippen LogP contribution in [0.15, 0.2) is 79.9 Å². The molecule has 2 bridgehead atoms. The van der Waals surface area contributed by atoms with Crippen LogP contribution in [0.4, 0.5) is 11.4 Å². The zero-order valence-corrected chi connectivity index (χ0v) is 30.8. The van der Waals surface area contributed by atoms with Gasteiger partial charge in [0.25, 0.3) is 5.91 Å². The molecule has 9 heteroatoms. The Morgan fingerprint density at radius 1 is 1.00 bits per heavy atom. The van der Waals surface area contributed by atoms with Gasteiger partial charge in [0, 0.05) is 44.1 Å². The predicted molar refractivity (Wildman–Crippen MR) is 199 cm³/mol. The normalized spacial score (nSPS) is 27.8. The third-order valence-electron chi connectivity index (χ3n) is 11.8. The van der Waals surface area contributed by atoms with Gasteiger partial charge in [-0.25, -0.2) is 0 Å². The fourth-order valence-electron chi connectivity index (χ4n) is 8.92. The van der Waals surface area contributed by atoms with E-state index in [0.29, 0.717) is 31.6 Å². The number of hydrogen-bond donors (Lipinski definition) is 1. The van der Waals surface area contributed by atoms with Crippen molar-refractivity contribution in [3.63, 3.8) is 0 Å². The SMILES string of the molecule is C=CCN(Cc1ccccc1)C(=O)[C@H]1[C@H]2C(=O)N([C@@H](CO)[C@@H](C)CC)C(C(=O)N(CC=C)c3ccc(N(CC)CC)cc3)C23CC(C)[C@]1(C)O3. The van der Waals surface area contributed by atoms with Crippen molar-refractivity contribution in [2.24, 2.45) is 23.7 Å². The molecule has 8 atom stereocenters. The fraction of sp³-hybridized carbons (Fsp3) is 0.537. The van der Waals surface area contributed by atoms with E-state index < -0.39 is 35.1 Å². The minimum Gasteiger partial charge on any atom is -0.394 e. The first-order chi connectivity index (χ1) is 24.0. The molecule has 5 rings (SSSR count). The number of fused-ring (bicyclic) bond motifs is 1. The quantitative estimate of drug-likeness (QED) is 0.229. The van der Waals surface area contributed by atoms with Crippen molar-refractivity contribution in [3.8, 4) is 0 Å². The summed E-state index contributed by atoms with van der Waals surface area (Å²) in [5.41, 5.74) is 0.478. The van der Waals surface area contributed by atoms with Gasteiger partial charge in [-0.1, -0.05) is 69.7 Å². The molecule has 3 aliphatic heterocycles. The first kappa shape index (κ1) is 37.3. The van der Waals surface area contributed by atoms with Crippen molar-refractivity contribution in [3.05, 3.63) is 85.5 Å². The maximum Gasteiger partial charge on any atom is 0.253 e. The summed E-state index contributed by atoms with van der Waals surface area (Å²) in [6, 6.07) is 16.0. The second-order valence-corrected chi connectivity index (χ2v) is 14.5. The molecule has 3 heterocycles. The zero-order valence-electron chi connectivity index (χ0n) is 30.8. The minimum absolute atomic E-state index is 0.106. The van der Waals surface area contributed by atoms with Crippen LogP contribution >= 0.6 is 0 Å². The first-order valence-electron chi connectivity index (χ1n) is 18.3. The number of anilines is 2. The summed E-state index contributed by atoms with van der Waals surface area (Å²) in [7, 11) is 0. The van der Waals surface area contributed by atoms with E-state index in [1.807, 2.05) is 75.4 Å². The molecule has 3 aliphatic rings. The monoisotopic (exact) mass is 684 g/mol. The number of hydrogen-bond acceptors (Lipinski definition) is 6. The van der Waals surface area contributed by atoms with Crippen molar-refractivity contribution < 1.29 is 24.2 Å². The van der Waals surface area contributed by atoms with Gasteiger partial charge in [0.05, 0.1) is 30.1 Å². The average Bonchev–Trinajstić information content (AvgIpc) is 3.64. The number of aliphatic hydroxyl groups is 1. The van der Waals surface area contributed by atoms with Crippen LogP contribution in [0.3, 0.4) is 0 Å². The Balaban J connectivity index is 1.62. The van der Waals surface area contributed by atoms with Crippen LogP contribution in [0.25, 0.3) is 0 Å². The van der Waals surface area contributed by atoms with E-state index in [1.54, 1.807) is 26.9 Å². The Labute approximate surface area is 298 Å². The molecule has 50 heavy (non-hydrogen) atoms. The van der Waals surface area contributed by atoms with Gasteiger partial charge in [0.15, 0.2) is 0 Å². The molecule has 0 saturated carbocycles. The highest BCUT2D eigenvalue weighted by Crippen LogP contribution is 2.66. The van der Waals surface area contributed by atoms with Crippen LogP contribution < -0.4 is 9.80 Å². The van der Waals surface area contributed by atoms with Crippen LogP contribution in [-0.4, -0.2) is 88.7 Å². The van der Waals surface area contributed by atoms with E-state index >= 15 is 9.59 Å². The highest BCUT2D eigenvalue weighted by atomic mass is 16.5. The molecule has 3 saturated heterocycles. The van der Waals surface area contributed by atoms with E-state index in [9.17, 15) is 9.90 Å². The summed E-state index contributed by atoms with van der Waals surface area (Å²) in [6.07, 6.45) is 4.52. The van der Waals surface area contributed by atoms with Gasteiger partial charge in [-0.3, -0.25) is 14.4 Å². The lowest BCUT2D eigenvalue weighted by molar-refractivity contribution is -0.155. The Kier molecular flexibility index (Phi) is 11.3. The number of carbonyl (C=O) groups excluding carboxylic acids is 3. The Bertz CT molecular complexity index is 1540. The fourth-order valence-corrected chi connectivity index (χ4v) is 8.92. The molecule has 1 spiro atoms. The van der Waals surface area contributed by atoms with Crippen molar-refractivity contribution >= 4 is 29.1 Å². The van der Waals surface area contributed by atoms with E-state index in [4.69, 9.17) is 4.74 Å². The molecule has 270 valence electrons. The summed E-state index contributed by atoms with van der Waals surface area (Å²) in [5, 5.41) is 10.9. The number of aliphatic hydroxyl groups excluding tert-OH is 1. The van der Waals surface area contributed by atoms with Gasteiger partial charge in [0.1, 0.15) is 11.6 Å². The highest BCUT2D eigenvalue weighted by molar-refractivity contribution is 6.05.